The molecule has 0 fully saturated rings. The molecule has 2 nitrogen and oxygen atoms in total. The molecule has 3 rings (SSSR count). The Morgan fingerprint density at radius 1 is 0.962 bits per heavy atom. The molecule has 0 saturated heterocycles. The Hall–Kier alpha value is -1.49. The van der Waals surface area contributed by atoms with E-state index in [4.69, 9.17) is 16.3 Å². The average molecular weight is 496 g/mol. The lowest BCUT2D eigenvalue weighted by atomic mass is 10.1. The lowest BCUT2D eigenvalue weighted by Gasteiger charge is -2.13. The van der Waals surface area contributed by atoms with Crippen molar-refractivity contribution in [2.24, 2.45) is 0 Å². The molecule has 3 aromatic rings. The summed E-state index contributed by atoms with van der Waals surface area (Å²) in [6, 6.07) is 20.1. The molecule has 1 N–H and O–H groups in total. The highest BCUT2D eigenvalue weighted by Crippen LogP contribution is 2.28. The number of ether oxygens (including phenoxy) is 1. The maximum Gasteiger partial charge on any atom is 0.134 e. The highest BCUT2D eigenvalue weighted by atomic mass is 79.9. The van der Waals surface area contributed by atoms with Gasteiger partial charge in [-0.1, -0.05) is 51.8 Å². The zero-order chi connectivity index (χ0) is 18.5. The van der Waals surface area contributed by atoms with Gasteiger partial charge in [-0.3, -0.25) is 0 Å². The maximum absolute atomic E-state index is 6.17. The van der Waals surface area contributed by atoms with Gasteiger partial charge in [-0.25, -0.2) is 0 Å². The highest BCUT2D eigenvalue weighted by Gasteiger charge is 2.05. The third kappa shape index (κ3) is 5.03. The third-order valence-electron chi connectivity index (χ3n) is 4.05. The van der Waals surface area contributed by atoms with E-state index < -0.39 is 0 Å². The first kappa shape index (κ1) is 19.3. The molecule has 26 heavy (non-hydrogen) atoms. The molecule has 0 radical (unpaired) electrons. The van der Waals surface area contributed by atoms with E-state index in [-0.39, 0.29) is 0 Å². The van der Waals surface area contributed by atoms with Gasteiger partial charge in [0.2, 0.25) is 0 Å². The standard InChI is InChI=1S/C21H18Br2ClNO/c1-14-19(24)3-2-4-20(14)25-12-16-7-10-21(18(23)11-16)26-13-15-5-8-17(22)9-6-15/h2-11,25H,12-13H2,1H3. The fourth-order valence-corrected chi connectivity index (χ4v) is 3.49. The van der Waals surface area contributed by atoms with Gasteiger partial charge in [-0.2, -0.15) is 0 Å². The minimum Gasteiger partial charge on any atom is -0.488 e. The van der Waals surface area contributed by atoms with Gasteiger partial charge in [0.15, 0.2) is 0 Å². The fourth-order valence-electron chi connectivity index (χ4n) is 2.51. The van der Waals surface area contributed by atoms with E-state index in [0.717, 1.165) is 42.1 Å². The summed E-state index contributed by atoms with van der Waals surface area (Å²) < 4.78 is 7.92. The molecule has 0 spiro atoms. The summed E-state index contributed by atoms with van der Waals surface area (Å²) in [5, 5.41) is 4.20. The summed E-state index contributed by atoms with van der Waals surface area (Å²) >= 11 is 13.2. The van der Waals surface area contributed by atoms with Crippen LogP contribution in [0.25, 0.3) is 0 Å². The molecule has 0 amide bonds. The van der Waals surface area contributed by atoms with E-state index in [9.17, 15) is 0 Å². The number of hydrogen-bond acceptors (Lipinski definition) is 2. The molecular weight excluding hydrogens is 477 g/mol. The third-order valence-corrected chi connectivity index (χ3v) is 5.61. The fraction of sp³-hybridized carbons (Fsp3) is 0.143. The van der Waals surface area contributed by atoms with Crippen molar-refractivity contribution in [1.82, 2.24) is 0 Å². The predicted molar refractivity (Wildman–Crippen MR) is 116 cm³/mol. The molecule has 0 aliphatic heterocycles. The second kappa shape index (κ2) is 8.94. The Kier molecular flexibility index (Phi) is 6.63. The summed E-state index contributed by atoms with van der Waals surface area (Å²) in [5.74, 6) is 0.829. The van der Waals surface area contributed by atoms with Crippen molar-refractivity contribution in [1.29, 1.82) is 0 Å². The molecule has 0 heterocycles. The van der Waals surface area contributed by atoms with Crippen molar-refractivity contribution in [3.63, 3.8) is 0 Å². The van der Waals surface area contributed by atoms with Crippen molar-refractivity contribution in [3.8, 4) is 5.75 Å². The molecule has 0 atom stereocenters. The molecule has 5 heteroatoms. The van der Waals surface area contributed by atoms with Crippen LogP contribution in [0.15, 0.2) is 69.6 Å². The largest absolute Gasteiger partial charge is 0.488 e. The van der Waals surface area contributed by atoms with Gasteiger partial charge in [0.1, 0.15) is 12.4 Å². The van der Waals surface area contributed by atoms with Gasteiger partial charge in [-0.15, -0.1) is 0 Å². The van der Waals surface area contributed by atoms with Crippen LogP contribution in [0.5, 0.6) is 5.75 Å². The molecule has 0 aliphatic rings. The lowest BCUT2D eigenvalue weighted by Crippen LogP contribution is -2.02. The second-order valence-electron chi connectivity index (χ2n) is 5.95. The van der Waals surface area contributed by atoms with Crippen LogP contribution in [0.2, 0.25) is 5.02 Å². The van der Waals surface area contributed by atoms with Crippen LogP contribution in [0.3, 0.4) is 0 Å². The molecule has 134 valence electrons. The quantitative estimate of drug-likeness (QED) is 0.386. The van der Waals surface area contributed by atoms with Crippen LogP contribution >= 0.6 is 43.5 Å². The molecule has 0 bridgehead atoms. The van der Waals surface area contributed by atoms with Gasteiger partial charge >= 0.3 is 0 Å². The van der Waals surface area contributed by atoms with E-state index in [2.05, 4.69) is 49.3 Å². The molecule has 0 aromatic heterocycles. The van der Waals surface area contributed by atoms with Gasteiger partial charge in [0, 0.05) is 21.7 Å². The molecule has 0 aliphatic carbocycles. The first-order valence-electron chi connectivity index (χ1n) is 8.17. The Morgan fingerprint density at radius 3 is 2.42 bits per heavy atom. The van der Waals surface area contributed by atoms with E-state index in [0.29, 0.717) is 13.2 Å². The van der Waals surface area contributed by atoms with Crippen LogP contribution in [-0.4, -0.2) is 0 Å². The monoisotopic (exact) mass is 493 g/mol. The Labute approximate surface area is 175 Å². The van der Waals surface area contributed by atoms with Gasteiger partial charge in [-0.05, 0) is 75.9 Å². The predicted octanol–water partition coefficient (Wildman–Crippen LogP) is 7.36. The number of rotatable bonds is 6. The Balaban J connectivity index is 1.61. The summed E-state index contributed by atoms with van der Waals surface area (Å²) in [6.45, 7) is 3.26. The number of benzene rings is 3. The molecular formula is C21H18Br2ClNO. The van der Waals surface area contributed by atoms with Crippen molar-refractivity contribution in [2.75, 3.05) is 5.32 Å². The number of nitrogens with one attached hydrogen (secondary N) is 1. The minimum absolute atomic E-state index is 0.533. The van der Waals surface area contributed by atoms with Gasteiger partial charge in [0.25, 0.3) is 0 Å². The van der Waals surface area contributed by atoms with E-state index >= 15 is 0 Å². The second-order valence-corrected chi connectivity index (χ2v) is 8.12. The zero-order valence-corrected chi connectivity index (χ0v) is 18.2. The first-order valence-corrected chi connectivity index (χ1v) is 10.1. The van der Waals surface area contributed by atoms with E-state index in [1.807, 2.05) is 55.5 Å². The average Bonchev–Trinajstić information content (AvgIpc) is 2.63. The summed E-state index contributed by atoms with van der Waals surface area (Å²) in [5.41, 5.74) is 4.39. The SMILES string of the molecule is Cc1c(Cl)cccc1NCc1ccc(OCc2ccc(Br)cc2)c(Br)c1. The first-order chi connectivity index (χ1) is 12.5. The minimum atomic E-state index is 0.533. The highest BCUT2D eigenvalue weighted by molar-refractivity contribution is 9.10. The molecule has 3 aromatic carbocycles. The van der Waals surface area contributed by atoms with Crippen molar-refractivity contribution >= 4 is 49.1 Å². The van der Waals surface area contributed by atoms with Crippen molar-refractivity contribution in [2.45, 2.75) is 20.1 Å². The summed E-state index contributed by atoms with van der Waals surface area (Å²) in [7, 11) is 0. The number of anilines is 1. The van der Waals surface area contributed by atoms with Crippen LogP contribution < -0.4 is 10.1 Å². The summed E-state index contributed by atoms with van der Waals surface area (Å²) in [4.78, 5) is 0. The van der Waals surface area contributed by atoms with Crippen LogP contribution in [0.1, 0.15) is 16.7 Å². The van der Waals surface area contributed by atoms with Crippen LogP contribution in [0.4, 0.5) is 5.69 Å². The maximum atomic E-state index is 6.17. The van der Waals surface area contributed by atoms with Crippen LogP contribution in [-0.2, 0) is 13.2 Å². The Morgan fingerprint density at radius 2 is 1.69 bits per heavy atom. The smallest absolute Gasteiger partial charge is 0.134 e. The summed E-state index contributed by atoms with van der Waals surface area (Å²) in [6.07, 6.45) is 0. The number of halogens is 3. The van der Waals surface area contributed by atoms with E-state index in [1.165, 1.54) is 0 Å². The Bertz CT molecular complexity index is 897. The van der Waals surface area contributed by atoms with Gasteiger partial charge < -0.3 is 10.1 Å². The van der Waals surface area contributed by atoms with Gasteiger partial charge in [0.05, 0.1) is 4.47 Å². The van der Waals surface area contributed by atoms with E-state index in [1.54, 1.807) is 0 Å². The normalized spacial score (nSPS) is 10.6. The van der Waals surface area contributed by atoms with Crippen molar-refractivity contribution < 1.29 is 4.74 Å². The lowest BCUT2D eigenvalue weighted by molar-refractivity contribution is 0.304. The topological polar surface area (TPSA) is 21.3 Å². The number of hydrogen-bond donors (Lipinski definition) is 1. The van der Waals surface area contributed by atoms with Crippen molar-refractivity contribution in [3.05, 3.63) is 91.3 Å². The van der Waals surface area contributed by atoms with Crippen LogP contribution in [0, 0.1) is 6.92 Å². The zero-order valence-electron chi connectivity index (χ0n) is 14.2. The molecule has 0 saturated carbocycles. The molecule has 0 unspecified atom stereocenters.